The summed E-state index contributed by atoms with van der Waals surface area (Å²) in [5, 5.41) is 3.25. The van der Waals surface area contributed by atoms with Crippen LogP contribution in [0.2, 0.25) is 0 Å². The maximum Gasteiger partial charge on any atom is 0.332 e. The zero-order chi connectivity index (χ0) is 10.5. The van der Waals surface area contributed by atoms with Crippen LogP contribution in [-0.2, 0) is 14.3 Å². The minimum atomic E-state index is -0.208. The lowest BCUT2D eigenvalue weighted by molar-refractivity contribution is -0.152. The van der Waals surface area contributed by atoms with Gasteiger partial charge in [0, 0.05) is 0 Å². The van der Waals surface area contributed by atoms with Gasteiger partial charge in [-0.05, 0) is 44.7 Å². The second-order valence-corrected chi connectivity index (χ2v) is 4.39. The second kappa shape index (κ2) is 5.47. The normalized spacial score (nSPS) is 22.7. The first-order chi connectivity index (χ1) is 7.34. The van der Waals surface area contributed by atoms with Crippen LogP contribution in [0.4, 0.5) is 0 Å². The zero-order valence-corrected chi connectivity index (χ0v) is 9.04. The van der Waals surface area contributed by atoms with Crippen molar-refractivity contribution in [3.05, 3.63) is 0 Å². The second-order valence-electron chi connectivity index (χ2n) is 4.39. The van der Waals surface area contributed by atoms with E-state index in [4.69, 9.17) is 9.47 Å². The van der Waals surface area contributed by atoms with Gasteiger partial charge in [-0.2, -0.15) is 0 Å². The summed E-state index contributed by atoms with van der Waals surface area (Å²) in [5.74, 6) is 0.424. The van der Waals surface area contributed by atoms with Crippen LogP contribution >= 0.6 is 0 Å². The van der Waals surface area contributed by atoms with Crippen molar-refractivity contribution in [2.24, 2.45) is 5.92 Å². The number of carbonyl (C=O) groups is 1. The molecule has 0 amide bonds. The molecule has 1 N–H and O–H groups in total. The third-order valence-electron chi connectivity index (χ3n) is 2.90. The highest BCUT2D eigenvalue weighted by Gasteiger charge is 2.23. The Kier molecular flexibility index (Phi) is 3.97. The Balaban J connectivity index is 1.53. The van der Waals surface area contributed by atoms with Crippen molar-refractivity contribution >= 4 is 5.97 Å². The van der Waals surface area contributed by atoms with Gasteiger partial charge < -0.3 is 14.8 Å². The van der Waals surface area contributed by atoms with Crippen molar-refractivity contribution in [3.8, 4) is 0 Å². The van der Waals surface area contributed by atoms with E-state index in [0.29, 0.717) is 12.5 Å². The Morgan fingerprint density at radius 2 is 1.93 bits per heavy atom. The fraction of sp³-hybridized carbons (Fsp3) is 0.909. The van der Waals surface area contributed by atoms with E-state index in [-0.39, 0.29) is 18.7 Å². The zero-order valence-electron chi connectivity index (χ0n) is 9.04. The van der Waals surface area contributed by atoms with Crippen LogP contribution in [0.15, 0.2) is 0 Å². The summed E-state index contributed by atoms with van der Waals surface area (Å²) in [7, 11) is 0. The lowest BCUT2D eigenvalue weighted by Gasteiger charge is -2.22. The van der Waals surface area contributed by atoms with Crippen molar-refractivity contribution < 1.29 is 14.3 Å². The van der Waals surface area contributed by atoms with Crippen LogP contribution in [-0.4, -0.2) is 38.4 Å². The first-order valence-corrected chi connectivity index (χ1v) is 5.82. The molecule has 4 nitrogen and oxygen atoms in total. The smallest absolute Gasteiger partial charge is 0.332 e. The summed E-state index contributed by atoms with van der Waals surface area (Å²) in [6, 6.07) is 0. The molecule has 86 valence electrons. The average Bonchev–Trinajstić information content (AvgIpc) is 3.09. The molecule has 15 heavy (non-hydrogen) atoms. The van der Waals surface area contributed by atoms with E-state index in [2.05, 4.69) is 5.32 Å². The van der Waals surface area contributed by atoms with Crippen molar-refractivity contribution in [2.45, 2.75) is 31.8 Å². The number of hydrogen-bond donors (Lipinski definition) is 1. The highest BCUT2D eigenvalue weighted by molar-refractivity contribution is 5.70. The highest BCUT2D eigenvalue weighted by atomic mass is 16.6. The monoisotopic (exact) mass is 213 g/mol. The predicted molar refractivity (Wildman–Crippen MR) is 55.5 cm³/mol. The van der Waals surface area contributed by atoms with Crippen LogP contribution in [0.3, 0.4) is 0 Å². The summed E-state index contributed by atoms with van der Waals surface area (Å²) in [4.78, 5) is 11.3. The molecule has 2 aliphatic rings. The van der Waals surface area contributed by atoms with Gasteiger partial charge in [0.2, 0.25) is 0 Å². The molecule has 0 unspecified atom stereocenters. The topological polar surface area (TPSA) is 47.6 Å². The Bertz CT molecular complexity index is 210. The van der Waals surface area contributed by atoms with Crippen LogP contribution in [0.25, 0.3) is 0 Å². The van der Waals surface area contributed by atoms with Gasteiger partial charge in [0.05, 0.1) is 12.7 Å². The molecule has 2 rings (SSSR count). The van der Waals surface area contributed by atoms with Crippen molar-refractivity contribution in [2.75, 3.05) is 26.3 Å². The maximum absolute atomic E-state index is 11.3. The SMILES string of the molecule is O=C(COC1CCNCC1)OCC1CC1. The van der Waals surface area contributed by atoms with Crippen molar-refractivity contribution in [3.63, 3.8) is 0 Å². The van der Waals surface area contributed by atoms with Gasteiger partial charge in [0.25, 0.3) is 0 Å². The van der Waals surface area contributed by atoms with Gasteiger partial charge >= 0.3 is 5.97 Å². The Hall–Kier alpha value is -0.610. The maximum atomic E-state index is 11.3. The molecule has 0 spiro atoms. The molecular formula is C11H19NO3. The molecule has 1 saturated carbocycles. The molecule has 0 atom stereocenters. The molecule has 2 fully saturated rings. The molecule has 0 bridgehead atoms. The average molecular weight is 213 g/mol. The van der Waals surface area contributed by atoms with Gasteiger partial charge in [-0.1, -0.05) is 0 Å². The van der Waals surface area contributed by atoms with Crippen LogP contribution < -0.4 is 5.32 Å². The number of piperidine rings is 1. The standard InChI is InChI=1S/C11H19NO3/c13-11(15-7-9-1-2-9)8-14-10-3-5-12-6-4-10/h9-10,12H,1-8H2. The van der Waals surface area contributed by atoms with Gasteiger partial charge in [0.1, 0.15) is 6.61 Å². The van der Waals surface area contributed by atoms with Crippen LogP contribution in [0, 0.1) is 5.92 Å². The molecule has 1 saturated heterocycles. The minimum absolute atomic E-state index is 0.122. The summed E-state index contributed by atoms with van der Waals surface area (Å²) in [5.41, 5.74) is 0. The number of rotatable bonds is 5. The summed E-state index contributed by atoms with van der Waals surface area (Å²) in [6.07, 6.45) is 4.65. The summed E-state index contributed by atoms with van der Waals surface area (Å²) in [6.45, 7) is 2.69. The molecule has 0 aromatic heterocycles. The van der Waals surface area contributed by atoms with Crippen molar-refractivity contribution in [1.29, 1.82) is 0 Å². The van der Waals surface area contributed by atoms with E-state index in [0.717, 1.165) is 25.9 Å². The largest absolute Gasteiger partial charge is 0.464 e. The van der Waals surface area contributed by atoms with Gasteiger partial charge in [-0.25, -0.2) is 4.79 Å². The van der Waals surface area contributed by atoms with E-state index in [1.54, 1.807) is 0 Å². The lowest BCUT2D eigenvalue weighted by atomic mass is 10.1. The first-order valence-electron chi connectivity index (χ1n) is 5.82. The van der Waals surface area contributed by atoms with Gasteiger partial charge in [-0.15, -0.1) is 0 Å². The third-order valence-corrected chi connectivity index (χ3v) is 2.90. The molecule has 0 aromatic carbocycles. The van der Waals surface area contributed by atoms with Gasteiger partial charge in [0.15, 0.2) is 0 Å². The number of nitrogens with one attached hydrogen (secondary N) is 1. The Morgan fingerprint density at radius 3 is 2.60 bits per heavy atom. The lowest BCUT2D eigenvalue weighted by Crippen LogP contribution is -2.33. The van der Waals surface area contributed by atoms with E-state index in [1.165, 1.54) is 12.8 Å². The molecule has 0 aromatic rings. The van der Waals surface area contributed by atoms with Crippen LogP contribution in [0.1, 0.15) is 25.7 Å². The number of ether oxygens (including phenoxy) is 2. The van der Waals surface area contributed by atoms with Crippen molar-refractivity contribution in [1.82, 2.24) is 5.32 Å². The molecule has 4 heteroatoms. The molecule has 0 radical (unpaired) electrons. The first kappa shape index (κ1) is 10.9. The molecular weight excluding hydrogens is 194 g/mol. The number of carbonyl (C=O) groups excluding carboxylic acids is 1. The highest BCUT2D eigenvalue weighted by Crippen LogP contribution is 2.28. The third kappa shape index (κ3) is 4.18. The van der Waals surface area contributed by atoms with E-state index >= 15 is 0 Å². The summed E-state index contributed by atoms with van der Waals surface area (Å²) < 4.78 is 10.6. The Morgan fingerprint density at radius 1 is 1.20 bits per heavy atom. The van der Waals surface area contributed by atoms with E-state index in [1.807, 2.05) is 0 Å². The fourth-order valence-corrected chi connectivity index (χ4v) is 1.68. The van der Waals surface area contributed by atoms with Gasteiger partial charge in [-0.3, -0.25) is 0 Å². The predicted octanol–water partition coefficient (Wildman–Crippen LogP) is 0.708. The quantitative estimate of drug-likeness (QED) is 0.683. The van der Waals surface area contributed by atoms with E-state index < -0.39 is 0 Å². The molecule has 1 aliphatic heterocycles. The molecule has 1 heterocycles. The minimum Gasteiger partial charge on any atom is -0.464 e. The summed E-state index contributed by atoms with van der Waals surface area (Å²) >= 11 is 0. The fourth-order valence-electron chi connectivity index (χ4n) is 1.68. The number of hydrogen-bond acceptors (Lipinski definition) is 4. The van der Waals surface area contributed by atoms with E-state index in [9.17, 15) is 4.79 Å². The number of esters is 1. The Labute approximate surface area is 90.3 Å². The van der Waals surface area contributed by atoms with Crippen LogP contribution in [0.5, 0.6) is 0 Å². The molecule has 1 aliphatic carbocycles.